The van der Waals surface area contributed by atoms with Gasteiger partial charge in [-0.3, -0.25) is 10.1 Å². The van der Waals surface area contributed by atoms with E-state index in [0.29, 0.717) is 5.02 Å². The van der Waals surface area contributed by atoms with Crippen molar-refractivity contribution in [3.8, 4) is 0 Å². The molecule has 0 aromatic heterocycles. The number of halogens is 1. The Hall–Kier alpha value is -1.06. The molecule has 0 saturated carbocycles. The molecule has 0 spiro atoms. The van der Waals surface area contributed by atoms with Gasteiger partial charge in [0.1, 0.15) is 0 Å². The van der Waals surface area contributed by atoms with Gasteiger partial charge < -0.3 is 5.32 Å². The minimum absolute atomic E-state index is 0.0509. The molecule has 2 atom stereocenters. The van der Waals surface area contributed by atoms with E-state index in [1.54, 1.807) is 0 Å². The number of carbonyl (C=O) groups is 1. The highest BCUT2D eigenvalue weighted by Crippen LogP contribution is 2.17. The first-order valence-electron chi connectivity index (χ1n) is 7.33. The van der Waals surface area contributed by atoms with Gasteiger partial charge in [0.2, 0.25) is 5.91 Å². The molecule has 0 radical (unpaired) electrons. The minimum Gasteiger partial charge on any atom is -0.355 e. The largest absolute Gasteiger partial charge is 0.355 e. The molecule has 0 fully saturated rings. The first-order chi connectivity index (χ1) is 9.54. The van der Waals surface area contributed by atoms with Crippen LogP contribution in [0.15, 0.2) is 24.3 Å². The van der Waals surface area contributed by atoms with Gasteiger partial charge in [0, 0.05) is 17.6 Å². The van der Waals surface area contributed by atoms with Crippen molar-refractivity contribution in [1.82, 2.24) is 10.6 Å². The Morgan fingerprint density at radius 3 is 2.70 bits per heavy atom. The molecule has 1 aromatic rings. The number of amides is 1. The third-order valence-electron chi connectivity index (χ3n) is 3.32. The molecule has 3 nitrogen and oxygen atoms in total. The topological polar surface area (TPSA) is 41.1 Å². The van der Waals surface area contributed by atoms with Crippen LogP contribution in [0.5, 0.6) is 0 Å². The molecule has 0 aliphatic carbocycles. The fourth-order valence-electron chi connectivity index (χ4n) is 2.06. The lowest BCUT2D eigenvalue weighted by molar-refractivity contribution is -0.122. The summed E-state index contributed by atoms with van der Waals surface area (Å²) in [6.07, 6.45) is 3.36. The van der Waals surface area contributed by atoms with Crippen LogP contribution in [-0.2, 0) is 4.79 Å². The molecule has 0 heterocycles. The number of unbranched alkanes of at least 4 members (excludes halogenated alkanes) is 2. The highest BCUT2D eigenvalue weighted by atomic mass is 35.5. The van der Waals surface area contributed by atoms with Crippen LogP contribution < -0.4 is 10.6 Å². The van der Waals surface area contributed by atoms with Crippen LogP contribution in [0.3, 0.4) is 0 Å². The Kier molecular flexibility index (Phi) is 7.63. The summed E-state index contributed by atoms with van der Waals surface area (Å²) in [6.45, 7) is 6.83. The predicted molar refractivity (Wildman–Crippen MR) is 85.0 cm³/mol. The van der Waals surface area contributed by atoms with Crippen molar-refractivity contribution in [1.29, 1.82) is 0 Å². The average molecular weight is 297 g/mol. The molecule has 1 aromatic carbocycles. The van der Waals surface area contributed by atoms with Gasteiger partial charge in [-0.2, -0.15) is 0 Å². The molecule has 0 aliphatic heterocycles. The zero-order valence-corrected chi connectivity index (χ0v) is 13.3. The van der Waals surface area contributed by atoms with Crippen LogP contribution in [-0.4, -0.2) is 18.5 Å². The minimum atomic E-state index is -0.217. The number of carbonyl (C=O) groups excluding carboxylic acids is 1. The molecular weight excluding hydrogens is 272 g/mol. The standard InChI is InChI=1S/C16H25ClN2O/c1-4-5-6-10-18-16(20)13(3)19-12(2)14-8-7-9-15(17)11-14/h7-9,11-13,19H,4-6,10H2,1-3H3,(H,18,20). The van der Waals surface area contributed by atoms with Crippen molar-refractivity contribution in [2.24, 2.45) is 0 Å². The number of benzene rings is 1. The summed E-state index contributed by atoms with van der Waals surface area (Å²) in [7, 11) is 0. The second kappa shape index (κ2) is 8.98. The lowest BCUT2D eigenvalue weighted by atomic mass is 10.1. The van der Waals surface area contributed by atoms with E-state index in [2.05, 4.69) is 17.6 Å². The predicted octanol–water partition coefficient (Wildman–Crippen LogP) is 3.69. The Morgan fingerprint density at radius 1 is 1.30 bits per heavy atom. The van der Waals surface area contributed by atoms with Crippen molar-refractivity contribution in [2.45, 2.75) is 52.1 Å². The zero-order chi connectivity index (χ0) is 15.0. The number of rotatable bonds is 8. The van der Waals surface area contributed by atoms with E-state index in [1.165, 1.54) is 0 Å². The maximum atomic E-state index is 11.9. The molecule has 2 N–H and O–H groups in total. The second-order valence-electron chi connectivity index (χ2n) is 5.16. The average Bonchev–Trinajstić information content (AvgIpc) is 2.43. The normalized spacial score (nSPS) is 13.8. The van der Waals surface area contributed by atoms with Gasteiger partial charge in [-0.1, -0.05) is 43.5 Å². The van der Waals surface area contributed by atoms with Gasteiger partial charge in [-0.25, -0.2) is 0 Å². The summed E-state index contributed by atoms with van der Waals surface area (Å²) in [5.41, 5.74) is 1.09. The third kappa shape index (κ3) is 5.93. The number of hydrogen-bond donors (Lipinski definition) is 2. The lowest BCUT2D eigenvalue weighted by Gasteiger charge is -2.20. The van der Waals surface area contributed by atoms with Crippen LogP contribution in [0.2, 0.25) is 5.02 Å². The molecule has 4 heteroatoms. The van der Waals surface area contributed by atoms with E-state index in [1.807, 2.05) is 38.1 Å². The molecule has 2 unspecified atom stereocenters. The summed E-state index contributed by atoms with van der Waals surface area (Å²) < 4.78 is 0. The van der Waals surface area contributed by atoms with Gasteiger partial charge in [0.15, 0.2) is 0 Å². The van der Waals surface area contributed by atoms with E-state index < -0.39 is 0 Å². The first kappa shape index (κ1) is 17.0. The van der Waals surface area contributed by atoms with Crippen LogP contribution in [0, 0.1) is 0 Å². The Bertz CT molecular complexity index is 423. The summed E-state index contributed by atoms with van der Waals surface area (Å²) >= 11 is 5.98. The summed E-state index contributed by atoms with van der Waals surface area (Å²) in [5.74, 6) is 0.0509. The van der Waals surface area contributed by atoms with E-state index >= 15 is 0 Å². The Morgan fingerprint density at radius 2 is 2.05 bits per heavy atom. The Labute approximate surface area is 127 Å². The monoisotopic (exact) mass is 296 g/mol. The summed E-state index contributed by atoms with van der Waals surface area (Å²) in [6, 6.07) is 7.57. The highest BCUT2D eigenvalue weighted by Gasteiger charge is 2.15. The fraction of sp³-hybridized carbons (Fsp3) is 0.562. The van der Waals surface area contributed by atoms with Crippen LogP contribution in [0.25, 0.3) is 0 Å². The fourth-order valence-corrected chi connectivity index (χ4v) is 2.26. The molecule has 1 rings (SSSR count). The highest BCUT2D eigenvalue weighted by molar-refractivity contribution is 6.30. The zero-order valence-electron chi connectivity index (χ0n) is 12.6. The van der Waals surface area contributed by atoms with Gasteiger partial charge in [0.05, 0.1) is 6.04 Å². The lowest BCUT2D eigenvalue weighted by Crippen LogP contribution is -2.43. The van der Waals surface area contributed by atoms with Crippen LogP contribution in [0.1, 0.15) is 51.6 Å². The van der Waals surface area contributed by atoms with Crippen molar-refractivity contribution in [3.05, 3.63) is 34.9 Å². The van der Waals surface area contributed by atoms with E-state index in [9.17, 15) is 4.79 Å². The number of nitrogens with one attached hydrogen (secondary N) is 2. The summed E-state index contributed by atoms with van der Waals surface area (Å²) in [4.78, 5) is 11.9. The van der Waals surface area contributed by atoms with E-state index in [4.69, 9.17) is 11.6 Å². The molecule has 0 saturated heterocycles. The first-order valence-corrected chi connectivity index (χ1v) is 7.71. The Balaban J connectivity index is 2.40. The third-order valence-corrected chi connectivity index (χ3v) is 3.56. The molecule has 0 bridgehead atoms. The smallest absolute Gasteiger partial charge is 0.236 e. The molecule has 0 aliphatic rings. The molecular formula is C16H25ClN2O. The van der Waals surface area contributed by atoms with E-state index in [-0.39, 0.29) is 18.0 Å². The quantitative estimate of drug-likeness (QED) is 0.718. The SMILES string of the molecule is CCCCCNC(=O)C(C)NC(C)c1cccc(Cl)c1. The van der Waals surface area contributed by atoms with Crippen molar-refractivity contribution in [2.75, 3.05) is 6.54 Å². The van der Waals surface area contributed by atoms with Crippen LogP contribution >= 0.6 is 11.6 Å². The van der Waals surface area contributed by atoms with Crippen LogP contribution in [0.4, 0.5) is 0 Å². The maximum absolute atomic E-state index is 11.9. The summed E-state index contributed by atoms with van der Waals surface area (Å²) in [5, 5.41) is 6.97. The van der Waals surface area contributed by atoms with Crippen molar-refractivity contribution in [3.63, 3.8) is 0 Å². The van der Waals surface area contributed by atoms with Gasteiger partial charge in [-0.15, -0.1) is 0 Å². The molecule has 112 valence electrons. The maximum Gasteiger partial charge on any atom is 0.236 e. The molecule has 1 amide bonds. The number of hydrogen-bond acceptors (Lipinski definition) is 2. The van der Waals surface area contributed by atoms with Crippen molar-refractivity contribution < 1.29 is 4.79 Å². The van der Waals surface area contributed by atoms with Gasteiger partial charge in [-0.05, 0) is 38.0 Å². The molecule has 20 heavy (non-hydrogen) atoms. The van der Waals surface area contributed by atoms with Gasteiger partial charge >= 0.3 is 0 Å². The van der Waals surface area contributed by atoms with E-state index in [0.717, 1.165) is 31.4 Å². The second-order valence-corrected chi connectivity index (χ2v) is 5.60. The van der Waals surface area contributed by atoms with Crippen molar-refractivity contribution >= 4 is 17.5 Å². The van der Waals surface area contributed by atoms with Gasteiger partial charge in [0.25, 0.3) is 0 Å².